The van der Waals surface area contributed by atoms with E-state index in [9.17, 15) is 4.79 Å². The summed E-state index contributed by atoms with van der Waals surface area (Å²) in [5.74, 6) is 1.02. The van der Waals surface area contributed by atoms with E-state index in [4.69, 9.17) is 0 Å². The van der Waals surface area contributed by atoms with Gasteiger partial charge < -0.3 is 0 Å². The third kappa shape index (κ3) is 3.21. The average Bonchev–Trinajstić information content (AvgIpc) is 2.85. The molecule has 0 atom stereocenters. The molecule has 0 fully saturated rings. The third-order valence-electron chi connectivity index (χ3n) is 4.51. The van der Waals surface area contributed by atoms with Gasteiger partial charge in [0.25, 0.3) is 0 Å². The maximum atomic E-state index is 13.2. The third-order valence-corrected chi connectivity index (χ3v) is 4.51. The highest BCUT2D eigenvalue weighted by Gasteiger charge is 2.45. The van der Waals surface area contributed by atoms with Crippen molar-refractivity contribution in [3.8, 4) is 11.1 Å². The lowest BCUT2D eigenvalue weighted by Crippen LogP contribution is -2.40. The van der Waals surface area contributed by atoms with Crippen molar-refractivity contribution in [2.45, 2.75) is 26.2 Å². The molecule has 2 aromatic rings. The number of amidine groups is 1. The molecule has 1 aromatic heterocycles. The number of hydrogen-bond acceptors (Lipinski definition) is 5. The Kier molecular flexibility index (Phi) is 4.81. The largest absolute Gasteiger partial charge is 0.273 e. The topological polar surface area (TPSA) is 70.8 Å². The van der Waals surface area contributed by atoms with Crippen LogP contribution in [0.4, 0.5) is 5.69 Å². The Balaban J connectivity index is 2.18. The molecular formula is C21H21N5O. The van der Waals surface area contributed by atoms with Crippen LogP contribution in [0.2, 0.25) is 0 Å². The number of aryl methyl sites for hydroxylation is 1. The molecule has 136 valence electrons. The SMILES string of the molecule is C=CN=CC(=NC=C)N1C(=O)C(C)(C)c2ccc(-c3cnc(C)nc3)cc21. The fourth-order valence-electron chi connectivity index (χ4n) is 3.06. The van der Waals surface area contributed by atoms with Crippen LogP contribution in [0, 0.1) is 6.92 Å². The molecule has 6 nitrogen and oxygen atoms in total. The lowest BCUT2D eigenvalue weighted by molar-refractivity contribution is -0.121. The minimum atomic E-state index is -0.679. The summed E-state index contributed by atoms with van der Waals surface area (Å²) in [6.45, 7) is 12.9. The number of carbonyl (C=O) groups excluding carboxylic acids is 1. The van der Waals surface area contributed by atoms with Gasteiger partial charge in [-0.15, -0.1) is 0 Å². The number of anilines is 1. The molecule has 0 spiro atoms. The van der Waals surface area contributed by atoms with E-state index in [1.54, 1.807) is 17.3 Å². The molecule has 0 aliphatic carbocycles. The van der Waals surface area contributed by atoms with Gasteiger partial charge in [0.15, 0.2) is 5.84 Å². The molecule has 0 unspecified atom stereocenters. The zero-order chi connectivity index (χ0) is 19.6. The molecule has 1 aliphatic rings. The van der Waals surface area contributed by atoms with E-state index in [1.807, 2.05) is 39.0 Å². The van der Waals surface area contributed by atoms with Crippen LogP contribution in [0.25, 0.3) is 11.1 Å². The van der Waals surface area contributed by atoms with Gasteiger partial charge in [0.1, 0.15) is 5.82 Å². The van der Waals surface area contributed by atoms with Crippen LogP contribution in [0.15, 0.2) is 66.1 Å². The highest BCUT2D eigenvalue weighted by Crippen LogP contribution is 2.43. The molecule has 1 aliphatic heterocycles. The smallest absolute Gasteiger partial charge is 0.242 e. The number of nitrogens with zero attached hydrogens (tertiary/aromatic N) is 5. The number of benzene rings is 1. The van der Waals surface area contributed by atoms with Crippen molar-refractivity contribution in [3.05, 3.63) is 67.5 Å². The van der Waals surface area contributed by atoms with E-state index in [0.29, 0.717) is 11.7 Å². The van der Waals surface area contributed by atoms with Gasteiger partial charge >= 0.3 is 0 Å². The van der Waals surface area contributed by atoms with Crippen LogP contribution in [-0.4, -0.2) is 27.9 Å². The summed E-state index contributed by atoms with van der Waals surface area (Å²) in [4.78, 5) is 31.5. The van der Waals surface area contributed by atoms with E-state index in [-0.39, 0.29) is 5.91 Å². The van der Waals surface area contributed by atoms with Crippen LogP contribution < -0.4 is 4.90 Å². The summed E-state index contributed by atoms with van der Waals surface area (Å²) in [5, 5.41) is 0. The molecule has 1 amide bonds. The number of aromatic nitrogens is 2. The lowest BCUT2D eigenvalue weighted by Gasteiger charge is -2.19. The van der Waals surface area contributed by atoms with Crippen LogP contribution in [0.3, 0.4) is 0 Å². The molecule has 1 aromatic carbocycles. The van der Waals surface area contributed by atoms with Gasteiger partial charge in [0.2, 0.25) is 5.91 Å². The molecule has 0 bridgehead atoms. The van der Waals surface area contributed by atoms with Crippen molar-refractivity contribution in [2.24, 2.45) is 9.98 Å². The van der Waals surface area contributed by atoms with Crippen molar-refractivity contribution in [3.63, 3.8) is 0 Å². The molecule has 0 saturated carbocycles. The Morgan fingerprint density at radius 3 is 2.48 bits per heavy atom. The predicted molar refractivity (Wildman–Crippen MR) is 109 cm³/mol. The molecule has 27 heavy (non-hydrogen) atoms. The summed E-state index contributed by atoms with van der Waals surface area (Å²) in [7, 11) is 0. The quantitative estimate of drug-likeness (QED) is 0.615. The summed E-state index contributed by atoms with van der Waals surface area (Å²) < 4.78 is 0. The first-order valence-corrected chi connectivity index (χ1v) is 8.51. The Labute approximate surface area is 158 Å². The Morgan fingerprint density at radius 1 is 1.15 bits per heavy atom. The molecule has 6 heteroatoms. The van der Waals surface area contributed by atoms with Crippen LogP contribution in [-0.2, 0) is 10.2 Å². The van der Waals surface area contributed by atoms with E-state index >= 15 is 0 Å². The van der Waals surface area contributed by atoms with E-state index < -0.39 is 5.41 Å². The van der Waals surface area contributed by atoms with Gasteiger partial charge in [-0.25, -0.2) is 15.0 Å². The van der Waals surface area contributed by atoms with Gasteiger partial charge in [-0.2, -0.15) is 0 Å². The Morgan fingerprint density at radius 2 is 1.85 bits per heavy atom. The first kappa shape index (κ1) is 18.4. The highest BCUT2D eigenvalue weighted by molar-refractivity contribution is 6.44. The van der Waals surface area contributed by atoms with Gasteiger partial charge in [-0.3, -0.25) is 14.7 Å². The normalized spacial score (nSPS) is 15.9. The molecule has 0 saturated heterocycles. The second-order valence-corrected chi connectivity index (χ2v) is 6.65. The minimum absolute atomic E-state index is 0.0779. The number of amides is 1. The molecule has 3 rings (SSSR count). The van der Waals surface area contributed by atoms with Crippen LogP contribution in [0.1, 0.15) is 25.2 Å². The maximum absolute atomic E-state index is 13.2. The van der Waals surface area contributed by atoms with E-state index in [1.165, 1.54) is 18.6 Å². The number of carbonyl (C=O) groups is 1. The van der Waals surface area contributed by atoms with Crippen LogP contribution in [0.5, 0.6) is 0 Å². The summed E-state index contributed by atoms with van der Waals surface area (Å²) in [6, 6.07) is 5.91. The summed E-state index contributed by atoms with van der Waals surface area (Å²) in [5.41, 5.74) is 2.80. The number of rotatable bonds is 4. The number of aliphatic imine (C=N–C) groups is 2. The van der Waals surface area contributed by atoms with Gasteiger partial charge in [0, 0.05) is 30.4 Å². The van der Waals surface area contributed by atoms with Gasteiger partial charge in [-0.05, 0) is 38.0 Å². The highest BCUT2D eigenvalue weighted by atomic mass is 16.2. The average molecular weight is 359 g/mol. The fourth-order valence-corrected chi connectivity index (χ4v) is 3.06. The second-order valence-electron chi connectivity index (χ2n) is 6.65. The maximum Gasteiger partial charge on any atom is 0.242 e. The lowest BCUT2D eigenvalue weighted by atomic mass is 9.85. The summed E-state index contributed by atoms with van der Waals surface area (Å²) in [6.07, 6.45) is 7.83. The summed E-state index contributed by atoms with van der Waals surface area (Å²) >= 11 is 0. The monoisotopic (exact) mass is 359 g/mol. The number of hydrogen-bond donors (Lipinski definition) is 0. The standard InChI is InChI=1S/C21H21N5O/c1-6-22-13-19(23-7-2)26-18-10-15(16-11-24-14(3)25-12-16)8-9-17(18)21(4,5)20(26)27/h6-13H,1-2H2,3-5H3. The molecule has 0 radical (unpaired) electrons. The van der Waals surface area contributed by atoms with E-state index in [0.717, 1.165) is 22.4 Å². The first-order chi connectivity index (χ1) is 12.9. The van der Waals surface area contributed by atoms with Gasteiger partial charge in [0.05, 0.1) is 17.3 Å². The Hall–Kier alpha value is -3.41. The van der Waals surface area contributed by atoms with Crippen molar-refractivity contribution in [1.29, 1.82) is 0 Å². The Bertz CT molecular complexity index is 971. The van der Waals surface area contributed by atoms with Crippen molar-refractivity contribution in [1.82, 2.24) is 9.97 Å². The molecule has 2 heterocycles. The van der Waals surface area contributed by atoms with E-state index in [2.05, 4.69) is 33.1 Å². The molecular weight excluding hydrogens is 338 g/mol. The first-order valence-electron chi connectivity index (χ1n) is 8.51. The minimum Gasteiger partial charge on any atom is -0.273 e. The molecule has 0 N–H and O–H groups in total. The van der Waals surface area contributed by atoms with Crippen LogP contribution >= 0.6 is 0 Å². The zero-order valence-corrected chi connectivity index (χ0v) is 15.7. The zero-order valence-electron chi connectivity index (χ0n) is 15.7. The van der Waals surface area contributed by atoms with Crippen molar-refractivity contribution >= 4 is 23.6 Å². The fraction of sp³-hybridized carbons (Fsp3) is 0.190. The van der Waals surface area contributed by atoms with Crippen molar-refractivity contribution in [2.75, 3.05) is 4.90 Å². The van der Waals surface area contributed by atoms with Crippen molar-refractivity contribution < 1.29 is 4.79 Å². The number of fused-ring (bicyclic) bond motifs is 1. The predicted octanol–water partition coefficient (Wildman–Crippen LogP) is 3.83. The second kappa shape index (κ2) is 7.07. The van der Waals surface area contributed by atoms with Gasteiger partial charge in [-0.1, -0.05) is 25.3 Å².